The van der Waals surface area contributed by atoms with Crippen LogP contribution in [0.5, 0.6) is 0 Å². The highest BCUT2D eigenvalue weighted by atomic mass is 16.2. The maximum atomic E-state index is 12.7. The first-order valence-corrected chi connectivity index (χ1v) is 7.66. The molecule has 0 aliphatic carbocycles. The van der Waals surface area contributed by atoms with E-state index >= 15 is 0 Å². The van der Waals surface area contributed by atoms with E-state index in [2.05, 4.69) is 41.8 Å². The molecular formula is C19H18N2O. The predicted molar refractivity (Wildman–Crippen MR) is 89.3 cm³/mol. The zero-order valence-electron chi connectivity index (χ0n) is 12.8. The Labute approximate surface area is 129 Å². The first-order chi connectivity index (χ1) is 10.7. The molecule has 110 valence electrons. The van der Waals surface area contributed by atoms with Crippen LogP contribution in [0.3, 0.4) is 0 Å². The van der Waals surface area contributed by atoms with Gasteiger partial charge >= 0.3 is 0 Å². The number of rotatable bonds is 2. The largest absolute Gasteiger partial charge is 0.351 e. The Kier molecular flexibility index (Phi) is 2.83. The van der Waals surface area contributed by atoms with Gasteiger partial charge in [0, 0.05) is 35.4 Å². The first kappa shape index (κ1) is 13.1. The van der Waals surface area contributed by atoms with Crippen LogP contribution >= 0.6 is 0 Å². The number of carbonyl (C=O) groups excluding carboxylic acids is 1. The smallest absolute Gasteiger partial charge is 0.258 e. The normalized spacial score (nSPS) is 13.9. The summed E-state index contributed by atoms with van der Waals surface area (Å²) in [6.07, 6.45) is 3.00. The number of benzene rings is 2. The summed E-state index contributed by atoms with van der Waals surface area (Å²) in [6.45, 7) is 2.78. The number of aromatic nitrogens is 1. The van der Waals surface area contributed by atoms with E-state index in [0.717, 1.165) is 28.6 Å². The van der Waals surface area contributed by atoms with Crippen molar-refractivity contribution in [1.29, 1.82) is 0 Å². The molecule has 4 rings (SSSR count). The van der Waals surface area contributed by atoms with Gasteiger partial charge in [0.2, 0.25) is 0 Å². The van der Waals surface area contributed by atoms with E-state index in [1.807, 2.05) is 30.3 Å². The summed E-state index contributed by atoms with van der Waals surface area (Å²) in [6, 6.07) is 14.6. The Balaban J connectivity index is 1.75. The second kappa shape index (κ2) is 4.73. The topological polar surface area (TPSA) is 25.2 Å². The van der Waals surface area contributed by atoms with E-state index in [0.29, 0.717) is 6.54 Å². The fraction of sp³-hybridized carbons (Fsp3) is 0.211. The second-order valence-corrected chi connectivity index (χ2v) is 5.91. The number of carbonyl (C=O) groups is 1. The standard InChI is InChI=1S/C19H18N2O/c1-3-13-4-5-15-12-21(19(22)17(15)10-13)16-6-7-18-14(11-16)8-9-20(18)2/h4-11H,3,12H2,1-2H3. The van der Waals surface area contributed by atoms with Crippen molar-refractivity contribution in [3.8, 4) is 0 Å². The Bertz CT molecular complexity index is 892. The lowest BCUT2D eigenvalue weighted by Gasteiger charge is -2.16. The number of fused-ring (bicyclic) bond motifs is 2. The van der Waals surface area contributed by atoms with Crippen molar-refractivity contribution in [2.45, 2.75) is 19.9 Å². The summed E-state index contributed by atoms with van der Waals surface area (Å²) in [5.74, 6) is 0.112. The molecule has 22 heavy (non-hydrogen) atoms. The average Bonchev–Trinajstić information content (AvgIpc) is 3.08. The zero-order chi connectivity index (χ0) is 15.3. The minimum atomic E-state index is 0.112. The van der Waals surface area contributed by atoms with Crippen LogP contribution in [0.2, 0.25) is 0 Å². The summed E-state index contributed by atoms with van der Waals surface area (Å²) in [4.78, 5) is 14.6. The molecule has 1 aliphatic heterocycles. The van der Waals surface area contributed by atoms with Gasteiger partial charge in [-0.3, -0.25) is 4.79 Å². The Morgan fingerprint density at radius 2 is 1.95 bits per heavy atom. The molecule has 0 fully saturated rings. The van der Waals surface area contributed by atoms with Gasteiger partial charge in [-0.05, 0) is 47.9 Å². The number of hydrogen-bond donors (Lipinski definition) is 0. The minimum absolute atomic E-state index is 0.112. The summed E-state index contributed by atoms with van der Waals surface area (Å²) in [5.41, 5.74) is 5.34. The fourth-order valence-corrected chi connectivity index (χ4v) is 3.21. The molecule has 2 heterocycles. The van der Waals surface area contributed by atoms with E-state index in [1.54, 1.807) is 0 Å². The van der Waals surface area contributed by atoms with Crippen molar-refractivity contribution >= 4 is 22.5 Å². The molecule has 0 saturated carbocycles. The van der Waals surface area contributed by atoms with Gasteiger partial charge < -0.3 is 9.47 Å². The molecule has 3 heteroatoms. The van der Waals surface area contributed by atoms with E-state index in [1.165, 1.54) is 11.1 Å². The van der Waals surface area contributed by atoms with Crippen molar-refractivity contribution in [2.24, 2.45) is 7.05 Å². The number of aryl methyl sites for hydroxylation is 2. The highest BCUT2D eigenvalue weighted by Gasteiger charge is 2.28. The van der Waals surface area contributed by atoms with Crippen LogP contribution in [-0.4, -0.2) is 10.5 Å². The van der Waals surface area contributed by atoms with Gasteiger partial charge in [-0.25, -0.2) is 0 Å². The van der Waals surface area contributed by atoms with Gasteiger partial charge in [-0.15, -0.1) is 0 Å². The molecule has 0 bridgehead atoms. The average molecular weight is 290 g/mol. The van der Waals surface area contributed by atoms with Crippen molar-refractivity contribution in [3.05, 3.63) is 65.4 Å². The van der Waals surface area contributed by atoms with Crippen LogP contribution in [0.1, 0.15) is 28.4 Å². The lowest BCUT2D eigenvalue weighted by molar-refractivity contribution is 0.0996. The molecule has 0 saturated heterocycles. The van der Waals surface area contributed by atoms with Crippen molar-refractivity contribution in [3.63, 3.8) is 0 Å². The molecule has 0 atom stereocenters. The second-order valence-electron chi connectivity index (χ2n) is 5.91. The molecular weight excluding hydrogens is 272 g/mol. The van der Waals surface area contributed by atoms with Crippen molar-refractivity contribution in [2.75, 3.05) is 4.90 Å². The molecule has 3 nitrogen and oxygen atoms in total. The van der Waals surface area contributed by atoms with Gasteiger partial charge in [0.15, 0.2) is 0 Å². The van der Waals surface area contributed by atoms with E-state index in [9.17, 15) is 4.79 Å². The summed E-state index contributed by atoms with van der Waals surface area (Å²) < 4.78 is 2.09. The third kappa shape index (κ3) is 1.86. The van der Waals surface area contributed by atoms with Crippen LogP contribution in [0.25, 0.3) is 10.9 Å². The van der Waals surface area contributed by atoms with Gasteiger partial charge in [-0.1, -0.05) is 19.1 Å². The third-order valence-corrected chi connectivity index (χ3v) is 4.57. The van der Waals surface area contributed by atoms with Crippen molar-refractivity contribution in [1.82, 2.24) is 4.57 Å². The molecule has 0 N–H and O–H groups in total. The lowest BCUT2D eigenvalue weighted by atomic mass is 10.0. The molecule has 0 radical (unpaired) electrons. The molecule has 0 spiro atoms. The van der Waals surface area contributed by atoms with Crippen LogP contribution < -0.4 is 4.90 Å². The van der Waals surface area contributed by atoms with Crippen LogP contribution in [0, 0.1) is 0 Å². The molecule has 3 aromatic rings. The summed E-state index contributed by atoms with van der Waals surface area (Å²) in [7, 11) is 2.03. The zero-order valence-corrected chi connectivity index (χ0v) is 12.8. The molecule has 2 aromatic carbocycles. The van der Waals surface area contributed by atoms with Crippen molar-refractivity contribution < 1.29 is 4.79 Å². The van der Waals surface area contributed by atoms with Gasteiger partial charge in [0.1, 0.15) is 0 Å². The first-order valence-electron chi connectivity index (χ1n) is 7.66. The maximum Gasteiger partial charge on any atom is 0.258 e. The third-order valence-electron chi connectivity index (χ3n) is 4.57. The molecule has 0 unspecified atom stereocenters. The number of anilines is 1. The fourth-order valence-electron chi connectivity index (χ4n) is 3.21. The van der Waals surface area contributed by atoms with E-state index in [4.69, 9.17) is 0 Å². The highest BCUT2D eigenvalue weighted by Crippen LogP contribution is 2.31. The highest BCUT2D eigenvalue weighted by molar-refractivity contribution is 6.10. The minimum Gasteiger partial charge on any atom is -0.351 e. The number of hydrogen-bond acceptors (Lipinski definition) is 1. The van der Waals surface area contributed by atoms with Crippen LogP contribution in [-0.2, 0) is 20.0 Å². The quantitative estimate of drug-likeness (QED) is 0.702. The molecule has 1 amide bonds. The summed E-state index contributed by atoms with van der Waals surface area (Å²) in [5, 5.41) is 1.16. The number of nitrogens with zero attached hydrogens (tertiary/aromatic N) is 2. The van der Waals surface area contributed by atoms with Gasteiger partial charge in [0.25, 0.3) is 5.91 Å². The Morgan fingerprint density at radius 1 is 1.09 bits per heavy atom. The summed E-state index contributed by atoms with van der Waals surface area (Å²) >= 11 is 0. The van der Waals surface area contributed by atoms with Gasteiger partial charge in [0.05, 0.1) is 6.54 Å². The van der Waals surface area contributed by atoms with E-state index < -0.39 is 0 Å². The molecule has 1 aliphatic rings. The van der Waals surface area contributed by atoms with Crippen LogP contribution in [0.4, 0.5) is 5.69 Å². The van der Waals surface area contributed by atoms with Crippen LogP contribution in [0.15, 0.2) is 48.7 Å². The van der Waals surface area contributed by atoms with E-state index in [-0.39, 0.29) is 5.91 Å². The number of amides is 1. The Morgan fingerprint density at radius 3 is 2.77 bits per heavy atom. The SMILES string of the molecule is CCc1ccc2c(c1)C(=O)N(c1ccc3c(ccn3C)c1)C2. The predicted octanol–water partition coefficient (Wildman–Crippen LogP) is 3.90. The monoisotopic (exact) mass is 290 g/mol. The molecule has 1 aromatic heterocycles. The Hall–Kier alpha value is -2.55. The lowest BCUT2D eigenvalue weighted by Crippen LogP contribution is -2.22. The van der Waals surface area contributed by atoms with Gasteiger partial charge in [-0.2, -0.15) is 0 Å². The maximum absolute atomic E-state index is 12.7.